The molecule has 178 valence electrons. The molecule has 3 heterocycles. The zero-order chi connectivity index (χ0) is 23.9. The highest BCUT2D eigenvalue weighted by molar-refractivity contribution is 7.09. The van der Waals surface area contributed by atoms with Crippen LogP contribution in [0.4, 0.5) is 20.4 Å². The fourth-order valence-corrected chi connectivity index (χ4v) is 4.60. The summed E-state index contributed by atoms with van der Waals surface area (Å²) in [6.45, 7) is 3.73. The third kappa shape index (κ3) is 5.68. The van der Waals surface area contributed by atoms with Crippen molar-refractivity contribution >= 4 is 29.3 Å². The molecule has 1 aliphatic rings. The van der Waals surface area contributed by atoms with Gasteiger partial charge in [-0.15, -0.1) is 16.5 Å². The smallest absolute Gasteiger partial charge is 0.225 e. The van der Waals surface area contributed by atoms with Gasteiger partial charge in [-0.25, -0.2) is 28.7 Å². The Hall–Kier alpha value is -3.54. The molecule has 12 heteroatoms. The molecule has 0 unspecified atom stereocenters. The first-order valence-electron chi connectivity index (χ1n) is 10.8. The SMILES string of the molecule is CCc1cnc(N2CCC(c3nc(COc4c(F)cc(N=CN=NN)cc4F)cs3)CC2)nc1. The summed E-state index contributed by atoms with van der Waals surface area (Å²) in [5.74, 6) is 3.72. The number of halogens is 2. The molecular weight excluding hydrogens is 462 g/mol. The summed E-state index contributed by atoms with van der Waals surface area (Å²) in [6, 6.07) is 2.08. The minimum atomic E-state index is -0.867. The Morgan fingerprint density at radius 1 is 1.21 bits per heavy atom. The van der Waals surface area contributed by atoms with Gasteiger partial charge in [-0.2, -0.15) is 0 Å². The summed E-state index contributed by atoms with van der Waals surface area (Å²) in [5.41, 5.74) is 1.78. The summed E-state index contributed by atoms with van der Waals surface area (Å²) >= 11 is 1.54. The number of nitrogens with two attached hydrogens (primary N) is 1. The number of thiazole rings is 1. The highest BCUT2D eigenvalue weighted by Gasteiger charge is 2.24. The molecule has 1 aromatic carbocycles. The quantitative estimate of drug-likeness (QED) is 0.162. The van der Waals surface area contributed by atoms with Crippen LogP contribution in [0.2, 0.25) is 0 Å². The van der Waals surface area contributed by atoms with Crippen LogP contribution in [-0.2, 0) is 13.0 Å². The van der Waals surface area contributed by atoms with Crippen LogP contribution in [0, 0.1) is 11.6 Å². The standard InChI is InChI=1S/C22H24F2N8OS/c1-2-14-9-26-22(27-10-14)32-5-3-15(4-6-32)21-30-17(12-34-21)11-33-20-18(23)7-16(8-19(20)24)28-13-29-31-25/h7-10,12-13,15H,2-6,11H2,1H3,(H2,25,28,29). The molecule has 0 aliphatic carbocycles. The molecule has 2 aromatic heterocycles. The van der Waals surface area contributed by atoms with E-state index in [1.807, 2.05) is 17.8 Å². The van der Waals surface area contributed by atoms with Crippen molar-refractivity contribution in [2.75, 3.05) is 18.0 Å². The second-order valence-corrected chi connectivity index (χ2v) is 8.58. The number of nitrogens with zero attached hydrogens (tertiary/aromatic N) is 7. The van der Waals surface area contributed by atoms with Gasteiger partial charge in [-0.1, -0.05) is 12.1 Å². The number of piperidine rings is 1. The molecule has 34 heavy (non-hydrogen) atoms. The molecule has 2 N–H and O–H groups in total. The van der Waals surface area contributed by atoms with E-state index in [9.17, 15) is 8.78 Å². The third-order valence-corrected chi connectivity index (χ3v) is 6.53. The van der Waals surface area contributed by atoms with Crippen LogP contribution in [0.3, 0.4) is 0 Å². The Bertz CT molecular complexity index is 1140. The molecule has 9 nitrogen and oxygen atoms in total. The molecule has 0 atom stereocenters. The van der Waals surface area contributed by atoms with Gasteiger partial charge in [0.2, 0.25) is 5.95 Å². The first-order valence-corrected chi connectivity index (χ1v) is 11.7. The first kappa shape index (κ1) is 23.6. The second kappa shape index (κ2) is 11.1. The summed E-state index contributed by atoms with van der Waals surface area (Å²) in [7, 11) is 0. The molecule has 4 rings (SSSR count). The Morgan fingerprint density at radius 3 is 2.56 bits per heavy atom. The van der Waals surface area contributed by atoms with Crippen LogP contribution < -0.4 is 15.5 Å². The average Bonchev–Trinajstić information content (AvgIpc) is 3.33. The van der Waals surface area contributed by atoms with Crippen LogP contribution >= 0.6 is 11.3 Å². The van der Waals surface area contributed by atoms with Crippen LogP contribution in [-0.4, -0.2) is 34.4 Å². The van der Waals surface area contributed by atoms with Crippen molar-refractivity contribution in [2.45, 2.75) is 38.7 Å². The zero-order valence-corrected chi connectivity index (χ0v) is 19.4. The highest BCUT2D eigenvalue weighted by Crippen LogP contribution is 2.32. The Kier molecular flexibility index (Phi) is 7.68. The fourth-order valence-electron chi connectivity index (χ4n) is 3.62. The summed E-state index contributed by atoms with van der Waals surface area (Å²) in [6.07, 6.45) is 7.53. The number of rotatable bonds is 8. The van der Waals surface area contributed by atoms with E-state index >= 15 is 0 Å². The van der Waals surface area contributed by atoms with Gasteiger partial charge in [-0.05, 0) is 24.8 Å². The molecule has 0 spiro atoms. The van der Waals surface area contributed by atoms with Crippen molar-refractivity contribution in [2.24, 2.45) is 21.2 Å². The molecule has 0 bridgehead atoms. The van der Waals surface area contributed by atoms with Crippen molar-refractivity contribution in [1.82, 2.24) is 15.0 Å². The summed E-state index contributed by atoms with van der Waals surface area (Å²) < 4.78 is 34.0. The number of benzene rings is 1. The van der Waals surface area contributed by atoms with E-state index < -0.39 is 17.4 Å². The van der Waals surface area contributed by atoms with Crippen molar-refractivity contribution in [3.63, 3.8) is 0 Å². The van der Waals surface area contributed by atoms with E-state index in [1.165, 1.54) is 11.3 Å². The van der Waals surface area contributed by atoms with Gasteiger partial charge in [-0.3, -0.25) is 0 Å². The van der Waals surface area contributed by atoms with Gasteiger partial charge in [0.25, 0.3) is 0 Å². The lowest BCUT2D eigenvalue weighted by atomic mass is 9.98. The van der Waals surface area contributed by atoms with Gasteiger partial charge >= 0.3 is 0 Å². The maximum Gasteiger partial charge on any atom is 0.225 e. The van der Waals surface area contributed by atoms with Crippen LogP contribution in [0.15, 0.2) is 45.2 Å². The fraction of sp³-hybridized carbons (Fsp3) is 0.364. The van der Waals surface area contributed by atoms with Crippen LogP contribution in [0.5, 0.6) is 5.75 Å². The Balaban J connectivity index is 1.33. The van der Waals surface area contributed by atoms with Crippen LogP contribution in [0.1, 0.15) is 41.9 Å². The lowest BCUT2D eigenvalue weighted by Gasteiger charge is -2.31. The van der Waals surface area contributed by atoms with Crippen molar-refractivity contribution in [3.8, 4) is 5.75 Å². The van der Waals surface area contributed by atoms with Gasteiger partial charge in [0.05, 0.1) is 16.4 Å². The van der Waals surface area contributed by atoms with E-state index in [4.69, 9.17) is 10.6 Å². The molecule has 1 saturated heterocycles. The topological polar surface area (TPSA) is 114 Å². The van der Waals surface area contributed by atoms with E-state index in [-0.39, 0.29) is 12.3 Å². The Labute approximate surface area is 199 Å². The minimum absolute atomic E-state index is 0.0312. The third-order valence-electron chi connectivity index (χ3n) is 5.47. The summed E-state index contributed by atoms with van der Waals surface area (Å²) in [4.78, 5) is 19.5. The second-order valence-electron chi connectivity index (χ2n) is 7.69. The molecule has 0 radical (unpaired) electrons. The number of aromatic nitrogens is 3. The van der Waals surface area contributed by atoms with Crippen molar-refractivity contribution in [3.05, 3.63) is 57.8 Å². The van der Waals surface area contributed by atoms with Crippen LogP contribution in [0.25, 0.3) is 0 Å². The van der Waals surface area contributed by atoms with Gasteiger partial charge in [0.1, 0.15) is 12.9 Å². The maximum absolute atomic E-state index is 14.3. The molecule has 3 aromatic rings. The molecule has 1 aliphatic heterocycles. The maximum atomic E-state index is 14.3. The number of ether oxygens (including phenoxy) is 1. The lowest BCUT2D eigenvalue weighted by molar-refractivity contribution is 0.270. The van der Waals surface area contributed by atoms with E-state index in [1.54, 1.807) is 0 Å². The van der Waals surface area contributed by atoms with Crippen molar-refractivity contribution in [1.29, 1.82) is 0 Å². The number of aryl methyl sites for hydroxylation is 1. The minimum Gasteiger partial charge on any atom is -0.481 e. The summed E-state index contributed by atoms with van der Waals surface area (Å²) in [5, 5.41) is 9.16. The van der Waals surface area contributed by atoms with E-state index in [2.05, 4.69) is 42.1 Å². The molecule has 0 saturated carbocycles. The molecule has 1 fully saturated rings. The zero-order valence-electron chi connectivity index (χ0n) is 18.6. The molecule has 0 amide bonds. The largest absolute Gasteiger partial charge is 0.481 e. The number of hydrogen-bond acceptors (Lipinski definition) is 8. The number of anilines is 1. The van der Waals surface area contributed by atoms with Gasteiger partial charge in [0.15, 0.2) is 17.4 Å². The van der Waals surface area contributed by atoms with E-state index in [0.29, 0.717) is 11.6 Å². The predicted molar refractivity (Wildman–Crippen MR) is 126 cm³/mol. The predicted octanol–water partition coefficient (Wildman–Crippen LogP) is 4.72. The monoisotopic (exact) mass is 486 g/mol. The highest BCUT2D eigenvalue weighted by atomic mass is 32.1. The van der Waals surface area contributed by atoms with Gasteiger partial charge < -0.3 is 15.5 Å². The number of aliphatic imine (C=N–C) groups is 1. The Morgan fingerprint density at radius 2 is 1.91 bits per heavy atom. The van der Waals surface area contributed by atoms with Gasteiger partial charge in [0, 0.05) is 48.9 Å². The van der Waals surface area contributed by atoms with E-state index in [0.717, 1.165) is 67.3 Å². The lowest BCUT2D eigenvalue weighted by Crippen LogP contribution is -2.34. The first-order chi connectivity index (χ1) is 16.6. The molecular formula is C22H24F2N8OS. The normalized spacial score (nSPS) is 15.0. The number of hydrogen-bond donors (Lipinski definition) is 1. The average molecular weight is 487 g/mol. The van der Waals surface area contributed by atoms with Crippen molar-refractivity contribution < 1.29 is 13.5 Å².